The molecule has 1 heterocycles. The van der Waals surface area contributed by atoms with Gasteiger partial charge in [0.25, 0.3) is 0 Å². The Morgan fingerprint density at radius 3 is 2.42 bits per heavy atom. The van der Waals surface area contributed by atoms with Gasteiger partial charge in [0, 0.05) is 35.6 Å². The number of halogens is 1. The zero-order valence-electron chi connectivity index (χ0n) is 15.0. The molecule has 0 saturated carbocycles. The quantitative estimate of drug-likeness (QED) is 0.643. The summed E-state index contributed by atoms with van der Waals surface area (Å²) in [4.78, 5) is 2.01. The van der Waals surface area contributed by atoms with Crippen molar-refractivity contribution in [2.75, 3.05) is 12.4 Å². The Hall–Kier alpha value is -2.37. The van der Waals surface area contributed by atoms with E-state index in [0.717, 1.165) is 22.8 Å². The molecule has 26 heavy (non-hydrogen) atoms. The first-order valence-electron chi connectivity index (χ1n) is 8.34. The van der Waals surface area contributed by atoms with Gasteiger partial charge in [-0.1, -0.05) is 29.8 Å². The van der Waals surface area contributed by atoms with Crippen molar-refractivity contribution in [3.8, 4) is 5.69 Å². The van der Waals surface area contributed by atoms with Gasteiger partial charge >= 0.3 is 0 Å². The lowest BCUT2D eigenvalue weighted by atomic mass is 10.2. The van der Waals surface area contributed by atoms with Gasteiger partial charge in [-0.15, -0.1) is 0 Å². The molecular formula is C20H21ClN4S. The van der Waals surface area contributed by atoms with Crippen LogP contribution in [0.3, 0.4) is 0 Å². The van der Waals surface area contributed by atoms with Gasteiger partial charge in [0.1, 0.15) is 0 Å². The van der Waals surface area contributed by atoms with E-state index in [4.69, 9.17) is 28.9 Å². The van der Waals surface area contributed by atoms with E-state index in [1.165, 1.54) is 5.56 Å². The van der Waals surface area contributed by atoms with Crippen molar-refractivity contribution >= 4 is 34.6 Å². The summed E-state index contributed by atoms with van der Waals surface area (Å²) in [7, 11) is 1.98. The van der Waals surface area contributed by atoms with Crippen LogP contribution in [0.15, 0.2) is 54.6 Å². The van der Waals surface area contributed by atoms with Crippen molar-refractivity contribution in [2.45, 2.75) is 20.4 Å². The molecular weight excluding hydrogens is 364 g/mol. The Morgan fingerprint density at radius 1 is 1.12 bits per heavy atom. The van der Waals surface area contributed by atoms with E-state index >= 15 is 0 Å². The average molecular weight is 385 g/mol. The lowest BCUT2D eigenvalue weighted by Crippen LogP contribution is -2.30. The summed E-state index contributed by atoms with van der Waals surface area (Å²) in [5.41, 5.74) is 5.28. The van der Waals surface area contributed by atoms with Gasteiger partial charge in [0.05, 0.1) is 11.4 Å². The summed E-state index contributed by atoms with van der Waals surface area (Å²) in [5, 5.41) is 9.29. The van der Waals surface area contributed by atoms with Crippen LogP contribution in [0, 0.1) is 13.8 Å². The predicted octanol–water partition coefficient (Wildman–Crippen LogP) is 4.97. The van der Waals surface area contributed by atoms with Gasteiger partial charge in [-0.25, -0.2) is 4.68 Å². The van der Waals surface area contributed by atoms with Crippen LogP contribution in [-0.4, -0.2) is 26.8 Å². The van der Waals surface area contributed by atoms with E-state index in [9.17, 15) is 0 Å². The maximum atomic E-state index is 5.93. The molecule has 134 valence electrons. The van der Waals surface area contributed by atoms with Crippen molar-refractivity contribution in [2.24, 2.45) is 0 Å². The molecule has 0 atom stereocenters. The van der Waals surface area contributed by atoms with Gasteiger partial charge in [0.15, 0.2) is 5.11 Å². The fourth-order valence-electron chi connectivity index (χ4n) is 2.79. The van der Waals surface area contributed by atoms with Crippen molar-refractivity contribution in [1.82, 2.24) is 14.7 Å². The zero-order valence-corrected chi connectivity index (χ0v) is 16.6. The number of benzene rings is 2. The first-order chi connectivity index (χ1) is 12.5. The number of aromatic nitrogens is 2. The van der Waals surface area contributed by atoms with Crippen molar-refractivity contribution in [3.63, 3.8) is 0 Å². The van der Waals surface area contributed by atoms with Gasteiger partial charge < -0.3 is 10.2 Å². The van der Waals surface area contributed by atoms with Crippen LogP contribution in [0.5, 0.6) is 0 Å². The third-order valence-electron chi connectivity index (χ3n) is 4.28. The third kappa shape index (κ3) is 4.06. The van der Waals surface area contributed by atoms with Crippen LogP contribution in [0.2, 0.25) is 5.02 Å². The average Bonchev–Trinajstić information content (AvgIpc) is 2.92. The molecule has 6 heteroatoms. The van der Waals surface area contributed by atoms with Crippen LogP contribution in [0.25, 0.3) is 5.69 Å². The van der Waals surface area contributed by atoms with Crippen LogP contribution >= 0.6 is 23.8 Å². The standard InChI is InChI=1S/C20H21ClN4S/c1-14-19(15(2)25(23-14)18-7-5-4-6-8-18)13-24(3)20(26)22-17-11-9-16(21)10-12-17/h4-12H,13H2,1-3H3,(H,22,26). The van der Waals surface area contributed by atoms with Gasteiger partial charge in [-0.2, -0.15) is 5.10 Å². The molecule has 1 N–H and O–H groups in total. The number of hydrogen-bond donors (Lipinski definition) is 1. The minimum absolute atomic E-state index is 0.651. The van der Waals surface area contributed by atoms with E-state index < -0.39 is 0 Å². The van der Waals surface area contributed by atoms with E-state index in [-0.39, 0.29) is 0 Å². The number of para-hydroxylation sites is 1. The SMILES string of the molecule is Cc1nn(-c2ccccc2)c(C)c1CN(C)C(=S)Nc1ccc(Cl)cc1. The Balaban J connectivity index is 1.75. The molecule has 0 unspecified atom stereocenters. The topological polar surface area (TPSA) is 33.1 Å². The van der Waals surface area contributed by atoms with Crippen LogP contribution in [0.1, 0.15) is 17.0 Å². The second kappa shape index (κ2) is 7.89. The fourth-order valence-corrected chi connectivity index (χ4v) is 3.09. The molecule has 0 aliphatic carbocycles. The number of nitrogens with zero attached hydrogens (tertiary/aromatic N) is 3. The molecule has 3 rings (SSSR count). The molecule has 1 aromatic heterocycles. The van der Waals surface area contributed by atoms with E-state index in [0.29, 0.717) is 16.7 Å². The van der Waals surface area contributed by atoms with E-state index in [2.05, 4.69) is 24.4 Å². The highest BCUT2D eigenvalue weighted by atomic mass is 35.5. The minimum Gasteiger partial charge on any atom is -0.348 e. The molecule has 3 aromatic rings. The number of thiocarbonyl (C=S) groups is 1. The molecule has 2 aromatic carbocycles. The number of aryl methyl sites for hydroxylation is 1. The lowest BCUT2D eigenvalue weighted by molar-refractivity contribution is 0.505. The molecule has 0 aliphatic heterocycles. The van der Waals surface area contributed by atoms with Crippen molar-refractivity contribution < 1.29 is 0 Å². The molecule has 0 aliphatic rings. The normalized spacial score (nSPS) is 10.6. The van der Waals surface area contributed by atoms with E-state index in [1.807, 2.05) is 66.0 Å². The summed E-state index contributed by atoms with van der Waals surface area (Å²) in [6.07, 6.45) is 0. The van der Waals surface area contributed by atoms with Crippen LogP contribution in [-0.2, 0) is 6.54 Å². The first kappa shape index (κ1) is 18.4. The number of nitrogens with one attached hydrogen (secondary N) is 1. The third-order valence-corrected chi connectivity index (χ3v) is 4.95. The second-order valence-electron chi connectivity index (χ2n) is 6.19. The molecule has 0 bridgehead atoms. The molecule has 0 spiro atoms. The fraction of sp³-hybridized carbons (Fsp3) is 0.200. The summed E-state index contributed by atoms with van der Waals surface area (Å²) in [5.74, 6) is 0. The highest BCUT2D eigenvalue weighted by Crippen LogP contribution is 2.20. The first-order valence-corrected chi connectivity index (χ1v) is 9.12. The Morgan fingerprint density at radius 2 is 1.77 bits per heavy atom. The zero-order chi connectivity index (χ0) is 18.7. The Bertz CT molecular complexity index is 904. The van der Waals surface area contributed by atoms with E-state index in [1.54, 1.807) is 0 Å². The highest BCUT2D eigenvalue weighted by molar-refractivity contribution is 7.80. The Kier molecular flexibility index (Phi) is 5.59. The summed E-state index contributed by atoms with van der Waals surface area (Å²) in [6, 6.07) is 17.6. The number of rotatable bonds is 4. The minimum atomic E-state index is 0.651. The van der Waals surface area contributed by atoms with Crippen LogP contribution in [0.4, 0.5) is 5.69 Å². The smallest absolute Gasteiger partial charge is 0.173 e. The van der Waals surface area contributed by atoms with Crippen LogP contribution < -0.4 is 5.32 Å². The Labute approximate surface area is 164 Å². The predicted molar refractivity (Wildman–Crippen MR) is 112 cm³/mol. The number of hydrogen-bond acceptors (Lipinski definition) is 2. The maximum Gasteiger partial charge on any atom is 0.173 e. The monoisotopic (exact) mass is 384 g/mol. The van der Waals surface area contributed by atoms with Crippen molar-refractivity contribution in [1.29, 1.82) is 0 Å². The molecule has 0 saturated heterocycles. The van der Waals surface area contributed by atoms with Gasteiger partial charge in [-0.3, -0.25) is 0 Å². The van der Waals surface area contributed by atoms with Gasteiger partial charge in [0.2, 0.25) is 0 Å². The summed E-state index contributed by atoms with van der Waals surface area (Å²) >= 11 is 11.5. The van der Waals surface area contributed by atoms with Gasteiger partial charge in [-0.05, 0) is 62.5 Å². The molecule has 4 nitrogen and oxygen atoms in total. The summed E-state index contributed by atoms with van der Waals surface area (Å²) in [6.45, 7) is 4.81. The lowest BCUT2D eigenvalue weighted by Gasteiger charge is -2.21. The largest absolute Gasteiger partial charge is 0.348 e. The maximum absolute atomic E-state index is 5.93. The van der Waals surface area contributed by atoms with Crippen molar-refractivity contribution in [3.05, 3.63) is 76.6 Å². The molecule has 0 amide bonds. The summed E-state index contributed by atoms with van der Waals surface area (Å²) < 4.78 is 1.98. The second-order valence-corrected chi connectivity index (χ2v) is 7.01. The molecule has 0 radical (unpaired) electrons. The highest BCUT2D eigenvalue weighted by Gasteiger charge is 2.15. The molecule has 0 fully saturated rings. The number of anilines is 1.